The molecular weight excluding hydrogens is 210 g/mol. The average Bonchev–Trinajstić information content (AvgIpc) is 2.27. The summed E-state index contributed by atoms with van der Waals surface area (Å²) in [6, 6.07) is 0. The van der Waals surface area contributed by atoms with Crippen LogP contribution in [0.25, 0.3) is 0 Å². The number of aliphatic hydroxyl groups is 1. The second-order valence-corrected chi connectivity index (χ2v) is 4.13. The maximum absolute atomic E-state index is 8.90. The Morgan fingerprint density at radius 3 is 2.25 bits per heavy atom. The summed E-state index contributed by atoms with van der Waals surface area (Å²) in [4.78, 5) is 0. The van der Waals surface area contributed by atoms with Crippen LogP contribution in [0.2, 0.25) is 0 Å². The van der Waals surface area contributed by atoms with Crippen LogP contribution in [0.5, 0.6) is 0 Å². The standard InChI is InChI=1S/C11H25NO4/c1-11(12,10-13)4-7-16-9-8-15-6-3-5-14-2/h13H,3-10,12H2,1-2H3. The molecule has 0 spiro atoms. The summed E-state index contributed by atoms with van der Waals surface area (Å²) in [6.07, 6.45) is 1.55. The van der Waals surface area contributed by atoms with Gasteiger partial charge in [-0.05, 0) is 19.8 Å². The van der Waals surface area contributed by atoms with Gasteiger partial charge < -0.3 is 25.1 Å². The number of aliphatic hydroxyl groups excluding tert-OH is 1. The molecule has 1 unspecified atom stereocenters. The largest absolute Gasteiger partial charge is 0.394 e. The molecule has 0 rings (SSSR count). The molecule has 3 N–H and O–H groups in total. The van der Waals surface area contributed by atoms with E-state index in [2.05, 4.69) is 0 Å². The fraction of sp³-hybridized carbons (Fsp3) is 1.00. The van der Waals surface area contributed by atoms with Crippen molar-refractivity contribution in [3.05, 3.63) is 0 Å². The minimum atomic E-state index is -0.542. The van der Waals surface area contributed by atoms with Crippen LogP contribution in [0.15, 0.2) is 0 Å². The average molecular weight is 235 g/mol. The van der Waals surface area contributed by atoms with Crippen molar-refractivity contribution in [3.8, 4) is 0 Å². The molecule has 0 heterocycles. The van der Waals surface area contributed by atoms with Gasteiger partial charge in [0.05, 0.1) is 19.8 Å². The van der Waals surface area contributed by atoms with Crippen molar-refractivity contribution >= 4 is 0 Å². The molecule has 0 aliphatic rings. The molecule has 0 radical (unpaired) electrons. The molecule has 5 nitrogen and oxygen atoms in total. The molecule has 0 bridgehead atoms. The number of nitrogens with two attached hydrogens (primary N) is 1. The third-order valence-electron chi connectivity index (χ3n) is 2.19. The summed E-state index contributed by atoms with van der Waals surface area (Å²) in [5.74, 6) is 0. The zero-order valence-electron chi connectivity index (χ0n) is 10.4. The van der Waals surface area contributed by atoms with Gasteiger partial charge in [-0.2, -0.15) is 0 Å². The molecule has 1 atom stereocenters. The zero-order chi connectivity index (χ0) is 12.3. The molecule has 0 saturated carbocycles. The molecule has 0 aromatic heterocycles. The topological polar surface area (TPSA) is 73.9 Å². The molecule has 0 aliphatic carbocycles. The first-order chi connectivity index (χ1) is 7.62. The summed E-state index contributed by atoms with van der Waals surface area (Å²) in [5.41, 5.74) is 5.19. The molecule has 98 valence electrons. The number of ether oxygens (including phenoxy) is 3. The van der Waals surface area contributed by atoms with Gasteiger partial charge in [-0.1, -0.05) is 0 Å². The fourth-order valence-corrected chi connectivity index (χ4v) is 1.01. The quantitative estimate of drug-likeness (QED) is 0.499. The van der Waals surface area contributed by atoms with Crippen LogP contribution < -0.4 is 5.73 Å². The lowest BCUT2D eigenvalue weighted by Gasteiger charge is -2.21. The van der Waals surface area contributed by atoms with Gasteiger partial charge in [0, 0.05) is 32.5 Å². The number of rotatable bonds is 11. The first kappa shape index (κ1) is 15.8. The van der Waals surface area contributed by atoms with Crippen molar-refractivity contribution in [2.45, 2.75) is 25.3 Å². The third-order valence-corrected chi connectivity index (χ3v) is 2.19. The van der Waals surface area contributed by atoms with Crippen LogP contribution in [-0.4, -0.2) is 57.4 Å². The molecule has 0 aromatic rings. The highest BCUT2D eigenvalue weighted by Crippen LogP contribution is 2.03. The van der Waals surface area contributed by atoms with E-state index in [-0.39, 0.29) is 6.61 Å². The van der Waals surface area contributed by atoms with Crippen LogP contribution in [0.4, 0.5) is 0 Å². The summed E-state index contributed by atoms with van der Waals surface area (Å²) < 4.78 is 15.5. The van der Waals surface area contributed by atoms with Crippen molar-refractivity contribution in [3.63, 3.8) is 0 Å². The highest BCUT2D eigenvalue weighted by atomic mass is 16.5. The van der Waals surface area contributed by atoms with Crippen LogP contribution in [-0.2, 0) is 14.2 Å². The van der Waals surface area contributed by atoms with Crippen LogP contribution in [0, 0.1) is 0 Å². The molecule has 5 heteroatoms. The Morgan fingerprint density at radius 1 is 1.06 bits per heavy atom. The second-order valence-electron chi connectivity index (χ2n) is 4.13. The van der Waals surface area contributed by atoms with E-state index >= 15 is 0 Å². The molecule has 0 aliphatic heterocycles. The Morgan fingerprint density at radius 2 is 1.69 bits per heavy atom. The van der Waals surface area contributed by atoms with Crippen molar-refractivity contribution in [1.82, 2.24) is 0 Å². The third kappa shape index (κ3) is 10.3. The van der Waals surface area contributed by atoms with Gasteiger partial charge >= 0.3 is 0 Å². The van der Waals surface area contributed by atoms with E-state index in [1.54, 1.807) is 14.0 Å². The Hall–Kier alpha value is -0.200. The SMILES string of the molecule is COCCCOCCOCCC(C)(N)CO. The Kier molecular flexibility index (Phi) is 9.86. The second kappa shape index (κ2) is 9.99. The highest BCUT2D eigenvalue weighted by Gasteiger charge is 2.15. The lowest BCUT2D eigenvalue weighted by Crippen LogP contribution is -2.41. The fourth-order valence-electron chi connectivity index (χ4n) is 1.01. The van der Waals surface area contributed by atoms with Crippen LogP contribution in [0.3, 0.4) is 0 Å². The molecule has 0 aromatic carbocycles. The van der Waals surface area contributed by atoms with E-state index in [0.717, 1.165) is 13.0 Å². The van der Waals surface area contributed by atoms with Gasteiger partial charge in [-0.15, -0.1) is 0 Å². The number of hydrogen-bond donors (Lipinski definition) is 2. The van der Waals surface area contributed by atoms with E-state index in [0.29, 0.717) is 32.8 Å². The Bertz CT molecular complexity index is 153. The molecular formula is C11H25NO4. The lowest BCUT2D eigenvalue weighted by molar-refractivity contribution is 0.0319. The van der Waals surface area contributed by atoms with Gasteiger partial charge in [0.15, 0.2) is 0 Å². The maximum atomic E-state index is 8.90. The summed E-state index contributed by atoms with van der Waals surface area (Å²) in [5, 5.41) is 8.90. The minimum Gasteiger partial charge on any atom is -0.394 e. The predicted octanol–water partition coefficient (Wildman–Crippen LogP) is 0.156. The van der Waals surface area contributed by atoms with Gasteiger partial charge in [-0.25, -0.2) is 0 Å². The number of hydrogen-bond acceptors (Lipinski definition) is 5. The monoisotopic (exact) mass is 235 g/mol. The van der Waals surface area contributed by atoms with Gasteiger partial charge in [0.1, 0.15) is 0 Å². The summed E-state index contributed by atoms with van der Waals surface area (Å²) in [7, 11) is 1.67. The van der Waals surface area contributed by atoms with E-state index in [4.69, 9.17) is 25.1 Å². The van der Waals surface area contributed by atoms with E-state index in [1.807, 2.05) is 0 Å². The van der Waals surface area contributed by atoms with Crippen LogP contribution in [0.1, 0.15) is 19.8 Å². The van der Waals surface area contributed by atoms with E-state index in [1.165, 1.54) is 0 Å². The normalized spacial score (nSPS) is 15.0. The highest BCUT2D eigenvalue weighted by molar-refractivity contribution is 4.76. The molecule has 0 saturated heterocycles. The van der Waals surface area contributed by atoms with Crippen molar-refractivity contribution < 1.29 is 19.3 Å². The van der Waals surface area contributed by atoms with E-state index < -0.39 is 5.54 Å². The Labute approximate surface area is 97.9 Å². The first-order valence-corrected chi connectivity index (χ1v) is 5.66. The molecule has 0 fully saturated rings. The first-order valence-electron chi connectivity index (χ1n) is 5.66. The van der Waals surface area contributed by atoms with Gasteiger partial charge in [0.2, 0.25) is 0 Å². The molecule has 0 amide bonds. The maximum Gasteiger partial charge on any atom is 0.0700 e. The van der Waals surface area contributed by atoms with Crippen molar-refractivity contribution in [2.24, 2.45) is 5.73 Å². The van der Waals surface area contributed by atoms with Gasteiger partial charge in [0.25, 0.3) is 0 Å². The predicted molar refractivity (Wildman–Crippen MR) is 62.4 cm³/mol. The zero-order valence-corrected chi connectivity index (χ0v) is 10.4. The van der Waals surface area contributed by atoms with E-state index in [9.17, 15) is 0 Å². The molecule has 16 heavy (non-hydrogen) atoms. The minimum absolute atomic E-state index is 0.0239. The lowest BCUT2D eigenvalue weighted by atomic mass is 10.0. The summed E-state index contributed by atoms with van der Waals surface area (Å²) in [6.45, 7) is 4.90. The van der Waals surface area contributed by atoms with Crippen molar-refractivity contribution in [1.29, 1.82) is 0 Å². The number of methoxy groups -OCH3 is 1. The van der Waals surface area contributed by atoms with Crippen LogP contribution >= 0.6 is 0 Å². The Balaban J connectivity index is 3.10. The van der Waals surface area contributed by atoms with Gasteiger partial charge in [-0.3, -0.25) is 0 Å². The summed E-state index contributed by atoms with van der Waals surface area (Å²) >= 11 is 0. The van der Waals surface area contributed by atoms with Crippen molar-refractivity contribution in [2.75, 3.05) is 46.8 Å². The smallest absolute Gasteiger partial charge is 0.0700 e.